The molecule has 2 N–H and O–H groups in total. The van der Waals surface area contributed by atoms with Gasteiger partial charge in [0.25, 0.3) is 0 Å². The van der Waals surface area contributed by atoms with Gasteiger partial charge in [-0.05, 0) is 44.0 Å². The lowest BCUT2D eigenvalue weighted by Gasteiger charge is -2.17. The smallest absolute Gasteiger partial charge is 0.236 e. The number of thioether (sulfide) groups is 1. The molecule has 1 saturated heterocycles. The summed E-state index contributed by atoms with van der Waals surface area (Å²) >= 11 is 2.37. The van der Waals surface area contributed by atoms with Crippen LogP contribution in [0.5, 0.6) is 0 Å². The average Bonchev–Trinajstić information content (AvgIpc) is 3.49. The van der Waals surface area contributed by atoms with E-state index in [1.54, 1.807) is 17.9 Å². The number of hydrogen-bond acceptors (Lipinski definition) is 9. The highest BCUT2D eigenvalue weighted by atomic mass is 32.2. The van der Waals surface area contributed by atoms with Crippen LogP contribution in [0.1, 0.15) is 23.3 Å². The van der Waals surface area contributed by atoms with Crippen LogP contribution in [0.25, 0.3) is 0 Å². The summed E-state index contributed by atoms with van der Waals surface area (Å²) in [6, 6.07) is 7.45. The van der Waals surface area contributed by atoms with Crippen LogP contribution in [0.15, 0.2) is 33.1 Å². The van der Waals surface area contributed by atoms with Gasteiger partial charge in [0.05, 0.1) is 11.7 Å². The van der Waals surface area contributed by atoms with Crippen LogP contribution in [0.2, 0.25) is 0 Å². The first-order chi connectivity index (χ1) is 15.8. The van der Waals surface area contributed by atoms with Crippen LogP contribution in [-0.2, 0) is 14.4 Å². The highest BCUT2D eigenvalue weighted by molar-refractivity contribution is 8.01. The summed E-state index contributed by atoms with van der Waals surface area (Å²) in [6.07, 6.45) is 0.140. The molecule has 3 heterocycles. The first-order valence-electron chi connectivity index (χ1n) is 10.2. The average molecular weight is 487 g/mol. The molecule has 172 valence electrons. The summed E-state index contributed by atoms with van der Waals surface area (Å²) < 4.78 is 5.44. The molecule has 0 radical (unpaired) electrons. The summed E-state index contributed by atoms with van der Waals surface area (Å²) in [5.41, 5.74) is 3.04. The van der Waals surface area contributed by atoms with Gasteiger partial charge in [-0.25, -0.2) is 0 Å². The lowest BCUT2D eigenvalue weighted by molar-refractivity contribution is -0.122. The molecular weight excluding hydrogens is 464 g/mol. The molecule has 0 spiro atoms. The number of aryl methyl sites for hydroxylation is 3. The van der Waals surface area contributed by atoms with Crippen molar-refractivity contribution in [1.29, 1.82) is 0 Å². The summed E-state index contributed by atoms with van der Waals surface area (Å²) in [7, 11) is 0. The van der Waals surface area contributed by atoms with Gasteiger partial charge >= 0.3 is 0 Å². The second kappa shape index (κ2) is 9.71. The van der Waals surface area contributed by atoms with Crippen LogP contribution in [0, 0.1) is 26.7 Å². The molecule has 0 aliphatic carbocycles. The molecule has 1 atom stereocenters. The minimum absolute atomic E-state index is 0.0831. The van der Waals surface area contributed by atoms with Crippen molar-refractivity contribution < 1.29 is 18.9 Å². The maximum absolute atomic E-state index is 12.7. The number of rotatable bonds is 7. The quantitative estimate of drug-likeness (QED) is 0.385. The van der Waals surface area contributed by atoms with Gasteiger partial charge in [0.1, 0.15) is 5.76 Å². The number of carbonyl (C=O) groups excluding carboxylic acids is 3. The van der Waals surface area contributed by atoms with E-state index in [9.17, 15) is 14.4 Å². The van der Waals surface area contributed by atoms with Crippen LogP contribution in [-0.4, -0.2) is 45.4 Å². The third-order valence-electron chi connectivity index (χ3n) is 5.16. The van der Waals surface area contributed by atoms with E-state index in [2.05, 4.69) is 26.0 Å². The maximum Gasteiger partial charge on any atom is 0.236 e. The predicted octanol–water partition coefficient (Wildman–Crippen LogP) is 3.17. The Hall–Kier alpha value is -3.25. The van der Waals surface area contributed by atoms with Gasteiger partial charge in [-0.15, -0.1) is 10.2 Å². The van der Waals surface area contributed by atoms with Gasteiger partial charge in [0.2, 0.25) is 22.9 Å². The lowest BCUT2D eigenvalue weighted by atomic mass is 10.1. The molecule has 0 saturated carbocycles. The third kappa shape index (κ3) is 5.57. The van der Waals surface area contributed by atoms with E-state index in [-0.39, 0.29) is 29.9 Å². The van der Waals surface area contributed by atoms with Crippen LogP contribution >= 0.6 is 23.1 Å². The number of amides is 3. The minimum atomic E-state index is -0.476. The Kier molecular flexibility index (Phi) is 6.75. The molecule has 1 unspecified atom stereocenters. The summed E-state index contributed by atoms with van der Waals surface area (Å²) in [5.74, 6) is -0.0355. The van der Waals surface area contributed by atoms with E-state index >= 15 is 0 Å². The molecule has 3 amide bonds. The van der Waals surface area contributed by atoms with Gasteiger partial charge in [0.15, 0.2) is 10.2 Å². The number of nitrogens with one attached hydrogen (secondary N) is 2. The predicted molar refractivity (Wildman–Crippen MR) is 126 cm³/mol. The standard InChI is InChI=1S/C21H22N6O4S2/c1-11-4-5-15(6-12(11)2)27-9-14(8-18(27)29)19(30)23-20-24-25-21(33-20)32-10-17(28)22-16-7-13(3)31-26-16/h4-7,14H,8-10H2,1-3H3,(H,22,26,28)(H,23,24,30). The number of aromatic nitrogens is 3. The molecule has 10 nitrogen and oxygen atoms in total. The zero-order chi connectivity index (χ0) is 23.5. The van der Waals surface area contributed by atoms with E-state index in [1.165, 1.54) is 23.1 Å². The van der Waals surface area contributed by atoms with E-state index in [0.29, 0.717) is 27.6 Å². The van der Waals surface area contributed by atoms with Gasteiger partial charge in [0, 0.05) is 24.7 Å². The van der Waals surface area contributed by atoms with Gasteiger partial charge in [-0.2, -0.15) is 0 Å². The second-order valence-corrected chi connectivity index (χ2v) is 9.90. The summed E-state index contributed by atoms with van der Waals surface area (Å²) in [4.78, 5) is 38.8. The van der Waals surface area contributed by atoms with E-state index in [4.69, 9.17) is 4.52 Å². The monoisotopic (exact) mass is 486 g/mol. The van der Waals surface area contributed by atoms with Crippen molar-refractivity contribution in [1.82, 2.24) is 15.4 Å². The third-order valence-corrected chi connectivity index (χ3v) is 7.13. The molecule has 1 fully saturated rings. The molecule has 12 heteroatoms. The van der Waals surface area contributed by atoms with Crippen LogP contribution in [0.3, 0.4) is 0 Å². The number of carbonyl (C=O) groups is 3. The van der Waals surface area contributed by atoms with Crippen molar-refractivity contribution >= 4 is 57.5 Å². The fourth-order valence-electron chi connectivity index (χ4n) is 3.28. The molecule has 2 aromatic heterocycles. The second-order valence-electron chi connectivity index (χ2n) is 7.70. The van der Waals surface area contributed by atoms with Crippen molar-refractivity contribution in [2.24, 2.45) is 5.92 Å². The topological polar surface area (TPSA) is 130 Å². The summed E-state index contributed by atoms with van der Waals surface area (Å²) in [6.45, 7) is 6.06. The van der Waals surface area contributed by atoms with Gasteiger partial charge in [-0.1, -0.05) is 34.3 Å². The zero-order valence-corrected chi connectivity index (χ0v) is 19.9. The number of hydrogen-bond donors (Lipinski definition) is 2. The largest absolute Gasteiger partial charge is 0.360 e. The first-order valence-corrected chi connectivity index (χ1v) is 12.0. The fraction of sp³-hybridized carbons (Fsp3) is 0.333. The first kappa shape index (κ1) is 22.9. The SMILES string of the molecule is Cc1cc(NC(=O)CSc2nnc(NC(=O)C3CC(=O)N(c4ccc(C)c(C)c4)C3)s2)no1. The Balaban J connectivity index is 1.29. The van der Waals surface area contributed by atoms with Gasteiger partial charge < -0.3 is 20.1 Å². The highest BCUT2D eigenvalue weighted by Crippen LogP contribution is 2.29. The molecule has 3 aromatic rings. The molecule has 1 aromatic carbocycles. The Morgan fingerprint density at radius 2 is 2.00 bits per heavy atom. The maximum atomic E-state index is 12.7. The highest BCUT2D eigenvalue weighted by Gasteiger charge is 2.35. The van der Waals surface area contributed by atoms with Crippen molar-refractivity contribution in [3.63, 3.8) is 0 Å². The minimum Gasteiger partial charge on any atom is -0.360 e. The Labute approximate surface area is 198 Å². The Bertz CT molecular complexity index is 1210. The molecule has 1 aliphatic heterocycles. The number of nitrogens with zero attached hydrogens (tertiary/aromatic N) is 4. The van der Waals surface area contributed by atoms with Crippen LogP contribution in [0.4, 0.5) is 16.6 Å². The van der Waals surface area contributed by atoms with Crippen molar-refractivity contribution in [3.8, 4) is 0 Å². The lowest BCUT2D eigenvalue weighted by Crippen LogP contribution is -2.28. The van der Waals surface area contributed by atoms with Crippen LogP contribution < -0.4 is 15.5 Å². The molecular formula is C21H22N6O4S2. The number of benzene rings is 1. The Morgan fingerprint density at radius 1 is 1.18 bits per heavy atom. The molecule has 33 heavy (non-hydrogen) atoms. The number of anilines is 3. The van der Waals surface area contributed by atoms with Crippen molar-refractivity contribution in [2.45, 2.75) is 31.5 Å². The van der Waals surface area contributed by atoms with Gasteiger partial charge in [-0.3, -0.25) is 14.4 Å². The van der Waals surface area contributed by atoms with E-state index in [1.807, 2.05) is 32.0 Å². The van der Waals surface area contributed by atoms with E-state index < -0.39 is 5.92 Å². The normalized spacial score (nSPS) is 15.7. The summed E-state index contributed by atoms with van der Waals surface area (Å²) in [5, 5.41) is 17.4. The zero-order valence-electron chi connectivity index (χ0n) is 18.2. The molecule has 1 aliphatic rings. The van der Waals surface area contributed by atoms with Crippen molar-refractivity contribution in [3.05, 3.63) is 41.2 Å². The molecule has 4 rings (SSSR count). The van der Waals surface area contributed by atoms with E-state index in [0.717, 1.165) is 16.8 Å². The van der Waals surface area contributed by atoms with Crippen molar-refractivity contribution in [2.75, 3.05) is 27.8 Å². The fourth-order valence-corrected chi connectivity index (χ4v) is 4.84. The Morgan fingerprint density at radius 3 is 2.73 bits per heavy atom. The molecule has 0 bridgehead atoms.